The van der Waals surface area contributed by atoms with Crippen LogP contribution in [0.5, 0.6) is 0 Å². The summed E-state index contributed by atoms with van der Waals surface area (Å²) in [6, 6.07) is 12.3. The average molecular weight is 557 g/mol. The van der Waals surface area contributed by atoms with E-state index in [9.17, 15) is 24.4 Å². The van der Waals surface area contributed by atoms with E-state index in [0.717, 1.165) is 24.0 Å². The van der Waals surface area contributed by atoms with Crippen molar-refractivity contribution in [3.05, 3.63) is 69.8 Å². The number of nitriles is 1. The van der Waals surface area contributed by atoms with Gasteiger partial charge in [-0.2, -0.15) is 5.26 Å². The zero-order chi connectivity index (χ0) is 29.5. The van der Waals surface area contributed by atoms with Crippen LogP contribution in [0.2, 0.25) is 0 Å². The highest BCUT2D eigenvalue weighted by Crippen LogP contribution is 2.47. The Morgan fingerprint density at radius 1 is 1.00 bits per heavy atom. The summed E-state index contributed by atoms with van der Waals surface area (Å²) < 4.78 is 0. The number of primary amides is 1. The van der Waals surface area contributed by atoms with Gasteiger partial charge in [-0.15, -0.1) is 0 Å². The average Bonchev–Trinajstić information content (AvgIpc) is 3.67. The summed E-state index contributed by atoms with van der Waals surface area (Å²) in [5.74, 6) is -0.700. The van der Waals surface area contributed by atoms with Crippen molar-refractivity contribution in [2.45, 2.75) is 62.6 Å². The second-order valence-electron chi connectivity index (χ2n) is 11.4. The Kier molecular flexibility index (Phi) is 7.58. The lowest BCUT2D eigenvalue weighted by Crippen LogP contribution is -2.49. The zero-order valence-corrected chi connectivity index (χ0v) is 23.6. The van der Waals surface area contributed by atoms with Gasteiger partial charge in [-0.1, -0.05) is 12.1 Å². The summed E-state index contributed by atoms with van der Waals surface area (Å²) in [4.78, 5) is 53.4. The normalized spacial score (nSPS) is 22.2. The predicted octanol–water partition coefficient (Wildman–Crippen LogP) is 1.16. The summed E-state index contributed by atoms with van der Waals surface area (Å²) in [5, 5.41) is 18.1. The first-order chi connectivity index (χ1) is 19.6. The minimum atomic E-state index is -1.27. The third kappa shape index (κ3) is 4.95. The number of carbonyl (C=O) groups excluding carboxylic acids is 4. The number of nitrogens with zero attached hydrogens (tertiary/aromatic N) is 2. The lowest BCUT2D eigenvalue weighted by atomic mass is 9.68. The molecule has 2 fully saturated rings. The molecule has 41 heavy (non-hydrogen) atoms. The van der Waals surface area contributed by atoms with Gasteiger partial charge in [-0.25, -0.2) is 0 Å². The Hall–Kier alpha value is -4.23. The molecule has 1 heterocycles. The molecule has 4 atom stereocenters. The van der Waals surface area contributed by atoms with Crippen LogP contribution in [0.3, 0.4) is 0 Å². The molecule has 4 amide bonds. The van der Waals surface area contributed by atoms with E-state index >= 15 is 0 Å². The van der Waals surface area contributed by atoms with Crippen molar-refractivity contribution in [3.63, 3.8) is 0 Å². The van der Waals surface area contributed by atoms with E-state index in [0.29, 0.717) is 41.0 Å². The molecule has 0 radical (unpaired) electrons. The number of hydrogen-bond acceptors (Lipinski definition) is 6. The molecule has 5 N–H and O–H groups in total. The molecule has 1 aliphatic heterocycles. The van der Waals surface area contributed by atoms with Crippen LogP contribution in [0.15, 0.2) is 36.4 Å². The van der Waals surface area contributed by atoms with Crippen molar-refractivity contribution in [3.8, 4) is 6.07 Å². The van der Waals surface area contributed by atoms with Gasteiger partial charge >= 0.3 is 0 Å². The van der Waals surface area contributed by atoms with Crippen molar-refractivity contribution in [1.29, 1.82) is 5.26 Å². The Morgan fingerprint density at radius 3 is 2.05 bits per heavy atom. The SMILES string of the molecule is CNC(=O)c1ccc2c(c1)CCc1cc(C(=O)NC)ccc1C2(C[C@H](C)NCC(=O)N1C(C#N)C[C@@H]2C[C@@H]21)C(N)=O. The summed E-state index contributed by atoms with van der Waals surface area (Å²) in [6.07, 6.45) is 3.03. The summed E-state index contributed by atoms with van der Waals surface area (Å²) >= 11 is 0. The molecule has 10 heteroatoms. The number of likely N-dealkylation sites (tertiary alicyclic amines) is 1. The molecule has 0 aromatic heterocycles. The molecular weight excluding hydrogens is 520 g/mol. The Labute approximate surface area is 239 Å². The molecule has 2 aliphatic carbocycles. The van der Waals surface area contributed by atoms with Gasteiger partial charge in [0.25, 0.3) is 11.8 Å². The van der Waals surface area contributed by atoms with Crippen molar-refractivity contribution < 1.29 is 19.2 Å². The number of carbonyl (C=O) groups is 4. The number of benzene rings is 2. The monoisotopic (exact) mass is 556 g/mol. The van der Waals surface area contributed by atoms with Crippen LogP contribution in [0.1, 0.15) is 69.2 Å². The maximum atomic E-state index is 13.6. The predicted molar refractivity (Wildman–Crippen MR) is 152 cm³/mol. The number of amides is 4. The number of hydrogen-bond donors (Lipinski definition) is 4. The van der Waals surface area contributed by atoms with Crippen molar-refractivity contribution >= 4 is 23.6 Å². The highest BCUT2D eigenvalue weighted by molar-refractivity contribution is 5.97. The van der Waals surface area contributed by atoms with Crippen molar-refractivity contribution in [1.82, 2.24) is 20.9 Å². The zero-order valence-electron chi connectivity index (χ0n) is 23.6. The number of fused-ring (bicyclic) bond motifs is 3. The Balaban J connectivity index is 1.51. The summed E-state index contributed by atoms with van der Waals surface area (Å²) in [7, 11) is 3.13. The van der Waals surface area contributed by atoms with E-state index in [-0.39, 0.29) is 48.8 Å². The number of rotatable bonds is 8. The molecule has 1 saturated carbocycles. The van der Waals surface area contributed by atoms with Gasteiger partial charge in [-0.3, -0.25) is 19.2 Å². The molecule has 1 saturated heterocycles. The second kappa shape index (κ2) is 11.0. The van der Waals surface area contributed by atoms with Gasteiger partial charge in [0.15, 0.2) is 0 Å². The number of nitrogens with one attached hydrogen (secondary N) is 3. The highest BCUT2D eigenvalue weighted by Gasteiger charge is 2.54. The fourth-order valence-corrected chi connectivity index (χ4v) is 6.82. The minimum absolute atomic E-state index is 0.0440. The van der Waals surface area contributed by atoms with Gasteiger partial charge in [0.2, 0.25) is 11.8 Å². The van der Waals surface area contributed by atoms with Crippen LogP contribution < -0.4 is 21.7 Å². The Bertz CT molecular complexity index is 1400. The van der Waals surface area contributed by atoms with Crippen molar-refractivity contribution in [2.75, 3.05) is 20.6 Å². The molecule has 0 bridgehead atoms. The fourth-order valence-electron chi connectivity index (χ4n) is 6.82. The summed E-state index contributed by atoms with van der Waals surface area (Å²) in [6.45, 7) is 1.95. The molecule has 3 aliphatic rings. The van der Waals surface area contributed by atoms with E-state index in [1.807, 2.05) is 6.92 Å². The van der Waals surface area contributed by atoms with Gasteiger partial charge in [0.1, 0.15) is 11.5 Å². The van der Waals surface area contributed by atoms with Crippen molar-refractivity contribution in [2.24, 2.45) is 11.7 Å². The first kappa shape index (κ1) is 28.3. The van der Waals surface area contributed by atoms with Crippen LogP contribution >= 0.6 is 0 Å². The molecule has 0 spiro atoms. The van der Waals surface area contributed by atoms with E-state index in [4.69, 9.17) is 5.73 Å². The molecular formula is C31H36N6O4. The van der Waals surface area contributed by atoms with E-state index in [1.54, 1.807) is 55.4 Å². The lowest BCUT2D eigenvalue weighted by molar-refractivity contribution is -0.131. The maximum absolute atomic E-state index is 13.6. The van der Waals surface area contributed by atoms with Crippen LogP contribution in [-0.4, -0.2) is 67.3 Å². The van der Waals surface area contributed by atoms with Crippen LogP contribution in [0.25, 0.3) is 0 Å². The second-order valence-corrected chi connectivity index (χ2v) is 11.4. The van der Waals surface area contributed by atoms with Crippen LogP contribution in [-0.2, 0) is 27.8 Å². The number of nitrogens with two attached hydrogens (primary N) is 1. The fraction of sp³-hybridized carbons (Fsp3) is 0.452. The highest BCUT2D eigenvalue weighted by atomic mass is 16.2. The smallest absolute Gasteiger partial charge is 0.251 e. The first-order valence-corrected chi connectivity index (χ1v) is 14.1. The molecule has 2 aromatic rings. The molecule has 1 unspecified atom stereocenters. The largest absolute Gasteiger partial charge is 0.369 e. The lowest BCUT2D eigenvalue weighted by Gasteiger charge is -2.36. The molecule has 10 nitrogen and oxygen atoms in total. The third-order valence-electron chi connectivity index (χ3n) is 8.95. The van der Waals surface area contributed by atoms with Gasteiger partial charge < -0.3 is 26.6 Å². The standard InChI is InChI=1S/C31H36N6O4/c1-17(36-16-27(38)37-23(15-32)12-22-13-26(22)37)14-31(30(33)41)24-8-6-20(28(39)34-2)10-18(24)4-5-19-11-21(29(40)35-3)7-9-25(19)31/h6-11,17,22-23,26,36H,4-5,12-14,16H2,1-3H3,(H2,33,41)(H,34,39)(H,35,40)/t17-,22+,23?,26-/m0/s1. The van der Waals surface area contributed by atoms with Gasteiger partial charge in [-0.05, 0) is 91.5 Å². The first-order valence-electron chi connectivity index (χ1n) is 14.1. The molecule has 5 rings (SSSR count). The third-order valence-corrected chi connectivity index (χ3v) is 8.95. The van der Waals surface area contributed by atoms with Crippen LogP contribution in [0, 0.1) is 17.2 Å². The van der Waals surface area contributed by atoms with E-state index in [2.05, 4.69) is 22.0 Å². The topological polar surface area (TPSA) is 157 Å². The summed E-state index contributed by atoms with van der Waals surface area (Å²) in [5.41, 5.74) is 9.06. The Morgan fingerprint density at radius 2 is 1.56 bits per heavy atom. The minimum Gasteiger partial charge on any atom is -0.369 e. The number of aryl methyl sites for hydroxylation is 2. The van der Waals surface area contributed by atoms with E-state index < -0.39 is 11.3 Å². The van der Waals surface area contributed by atoms with Gasteiger partial charge in [0, 0.05) is 37.3 Å². The molecule has 2 aromatic carbocycles. The quantitative estimate of drug-likeness (QED) is 0.382. The van der Waals surface area contributed by atoms with E-state index in [1.165, 1.54) is 0 Å². The van der Waals surface area contributed by atoms with Crippen LogP contribution in [0.4, 0.5) is 0 Å². The molecule has 214 valence electrons. The van der Waals surface area contributed by atoms with Gasteiger partial charge in [0.05, 0.1) is 12.6 Å². The number of piperidine rings is 1. The maximum Gasteiger partial charge on any atom is 0.251 e.